The van der Waals surface area contributed by atoms with Crippen molar-refractivity contribution < 1.29 is 9.32 Å². The Hall–Kier alpha value is -2.74. The summed E-state index contributed by atoms with van der Waals surface area (Å²) in [6.07, 6.45) is 2.87. The number of thioether (sulfide) groups is 1. The van der Waals surface area contributed by atoms with Gasteiger partial charge in [-0.05, 0) is 50.6 Å². The number of aromatic nitrogens is 4. The highest BCUT2D eigenvalue weighted by Gasteiger charge is 2.18. The van der Waals surface area contributed by atoms with Gasteiger partial charge in [-0.25, -0.2) is 9.97 Å². The Kier molecular flexibility index (Phi) is 6.87. The van der Waals surface area contributed by atoms with Crippen LogP contribution in [0.25, 0.3) is 11.5 Å². The zero-order valence-corrected chi connectivity index (χ0v) is 19.1. The highest BCUT2D eigenvalue weighted by atomic mass is 32.2. The Labute approximate surface area is 181 Å². The fraction of sp³-hybridized carbons (Fsp3) is 0.409. The van der Waals surface area contributed by atoms with E-state index >= 15 is 0 Å². The van der Waals surface area contributed by atoms with Crippen molar-refractivity contribution in [2.24, 2.45) is 0 Å². The molecule has 7 nitrogen and oxygen atoms in total. The first-order chi connectivity index (χ1) is 14.3. The van der Waals surface area contributed by atoms with Crippen LogP contribution in [0.3, 0.4) is 0 Å². The summed E-state index contributed by atoms with van der Waals surface area (Å²) < 4.78 is 5.44. The minimum Gasteiger partial charge on any atom is -0.334 e. The average Bonchev–Trinajstić information content (AvgIpc) is 3.19. The number of hydrogen-bond donors (Lipinski definition) is 1. The number of aryl methyl sites for hydroxylation is 3. The first-order valence-electron chi connectivity index (χ1n) is 9.91. The van der Waals surface area contributed by atoms with Gasteiger partial charge in [0.05, 0.1) is 11.3 Å². The van der Waals surface area contributed by atoms with E-state index in [4.69, 9.17) is 4.52 Å². The molecule has 2 aromatic heterocycles. The number of anilines is 1. The Morgan fingerprint density at radius 1 is 1.13 bits per heavy atom. The molecule has 3 aromatic rings. The van der Waals surface area contributed by atoms with Gasteiger partial charge in [0.1, 0.15) is 0 Å². The summed E-state index contributed by atoms with van der Waals surface area (Å²) in [5.74, 6) is 1.13. The number of benzene rings is 1. The van der Waals surface area contributed by atoms with E-state index in [9.17, 15) is 4.79 Å². The van der Waals surface area contributed by atoms with Crippen LogP contribution in [0.15, 0.2) is 27.9 Å². The van der Waals surface area contributed by atoms with Crippen LogP contribution in [0.2, 0.25) is 0 Å². The van der Waals surface area contributed by atoms with Gasteiger partial charge < -0.3 is 9.84 Å². The number of amides is 1. The number of para-hydroxylation sites is 1. The van der Waals surface area contributed by atoms with Crippen LogP contribution in [-0.2, 0) is 11.2 Å². The number of nitrogens with one attached hydrogen (secondary N) is 1. The Balaban J connectivity index is 1.77. The molecule has 0 fully saturated rings. The number of hydrogen-bond acceptors (Lipinski definition) is 7. The van der Waals surface area contributed by atoms with Crippen molar-refractivity contribution in [1.82, 2.24) is 20.1 Å². The molecule has 0 saturated heterocycles. The third kappa shape index (κ3) is 4.87. The minimum atomic E-state index is -0.0816. The largest absolute Gasteiger partial charge is 0.334 e. The van der Waals surface area contributed by atoms with E-state index in [-0.39, 0.29) is 11.8 Å². The molecule has 8 heteroatoms. The molecule has 1 N–H and O–H groups in total. The molecule has 1 amide bonds. The van der Waals surface area contributed by atoms with Crippen LogP contribution in [0.4, 0.5) is 5.69 Å². The second kappa shape index (κ2) is 9.38. The lowest BCUT2D eigenvalue weighted by Crippen LogP contribution is -2.15. The third-order valence-corrected chi connectivity index (χ3v) is 5.46. The average molecular weight is 426 g/mol. The summed E-state index contributed by atoms with van der Waals surface area (Å²) in [6, 6.07) is 5.74. The first kappa shape index (κ1) is 22.0. The summed E-state index contributed by atoms with van der Waals surface area (Å²) in [7, 11) is 0. The fourth-order valence-electron chi connectivity index (χ4n) is 3.19. The predicted octanol–water partition coefficient (Wildman–Crippen LogP) is 4.87. The smallest absolute Gasteiger partial charge is 0.260 e. The lowest BCUT2D eigenvalue weighted by Gasteiger charge is -2.13. The molecular weight excluding hydrogens is 398 g/mol. The molecule has 0 saturated carbocycles. The van der Waals surface area contributed by atoms with Crippen LogP contribution in [-0.4, -0.2) is 32.3 Å². The van der Waals surface area contributed by atoms with E-state index in [2.05, 4.69) is 25.4 Å². The van der Waals surface area contributed by atoms with Crippen molar-refractivity contribution >= 4 is 23.4 Å². The molecule has 0 aliphatic heterocycles. The van der Waals surface area contributed by atoms with Gasteiger partial charge in [0.25, 0.3) is 5.89 Å². The topological polar surface area (TPSA) is 93.8 Å². The molecule has 0 spiro atoms. The quantitative estimate of drug-likeness (QED) is 0.426. The number of nitrogens with zero attached hydrogens (tertiary/aromatic N) is 4. The second-order valence-corrected chi connectivity index (χ2v) is 8.29. The summed E-state index contributed by atoms with van der Waals surface area (Å²) in [5, 5.41) is 7.83. The molecule has 0 radical (unpaired) electrons. The molecule has 0 bridgehead atoms. The molecule has 1 aromatic carbocycles. The van der Waals surface area contributed by atoms with Crippen molar-refractivity contribution in [3.63, 3.8) is 0 Å². The van der Waals surface area contributed by atoms with E-state index < -0.39 is 0 Å². The van der Waals surface area contributed by atoms with Crippen LogP contribution < -0.4 is 5.32 Å². The highest BCUT2D eigenvalue weighted by molar-refractivity contribution is 7.98. The van der Waals surface area contributed by atoms with Gasteiger partial charge in [0.2, 0.25) is 5.91 Å². The van der Waals surface area contributed by atoms with Crippen LogP contribution in [0.1, 0.15) is 54.5 Å². The zero-order valence-electron chi connectivity index (χ0n) is 18.2. The number of rotatable bonds is 7. The van der Waals surface area contributed by atoms with Gasteiger partial charge in [-0.2, -0.15) is 4.98 Å². The van der Waals surface area contributed by atoms with E-state index in [1.807, 2.05) is 59.1 Å². The lowest BCUT2D eigenvalue weighted by molar-refractivity contribution is -0.116. The fourth-order valence-corrected chi connectivity index (χ4v) is 3.65. The summed E-state index contributed by atoms with van der Waals surface area (Å²) in [4.78, 5) is 26.2. The molecule has 2 heterocycles. The molecule has 158 valence electrons. The van der Waals surface area contributed by atoms with Gasteiger partial charge >= 0.3 is 0 Å². The normalized spacial score (nSPS) is 11.2. The molecular formula is C22H27N5O2S. The highest BCUT2D eigenvalue weighted by Crippen LogP contribution is 2.31. The van der Waals surface area contributed by atoms with Crippen molar-refractivity contribution in [1.29, 1.82) is 0 Å². The monoisotopic (exact) mass is 425 g/mol. The molecule has 30 heavy (non-hydrogen) atoms. The van der Waals surface area contributed by atoms with Gasteiger partial charge in [-0.15, -0.1) is 0 Å². The SMILES string of the molecule is CSc1nc(C)c(CCC(=O)Nc2c(C)cccc2-c2nc(C(C)C)no2)c(C)n1. The maximum absolute atomic E-state index is 12.8. The Morgan fingerprint density at radius 3 is 2.43 bits per heavy atom. The van der Waals surface area contributed by atoms with Crippen LogP contribution in [0.5, 0.6) is 0 Å². The summed E-state index contributed by atoms with van der Waals surface area (Å²) in [6.45, 7) is 9.88. The standard InChI is InChI=1S/C22H27N5O2S/c1-12(2)20-26-21(29-27-20)17-9-7-8-13(3)19(17)25-18(28)11-10-16-14(4)23-22(30-6)24-15(16)5/h7-9,12H,10-11H2,1-6H3,(H,25,28). The van der Waals surface area contributed by atoms with Crippen molar-refractivity contribution in [2.45, 2.75) is 58.5 Å². The second-order valence-electron chi connectivity index (χ2n) is 7.52. The minimum absolute atomic E-state index is 0.0816. The van der Waals surface area contributed by atoms with Gasteiger partial charge in [0, 0.05) is 23.7 Å². The van der Waals surface area contributed by atoms with Crippen molar-refractivity contribution in [3.05, 3.63) is 46.5 Å². The summed E-state index contributed by atoms with van der Waals surface area (Å²) in [5.41, 5.74) is 5.22. The van der Waals surface area contributed by atoms with E-state index in [0.29, 0.717) is 30.2 Å². The van der Waals surface area contributed by atoms with E-state index in [1.165, 1.54) is 11.8 Å². The maximum Gasteiger partial charge on any atom is 0.260 e. The van der Waals surface area contributed by atoms with Crippen molar-refractivity contribution in [3.8, 4) is 11.5 Å². The summed E-state index contributed by atoms with van der Waals surface area (Å²) >= 11 is 1.52. The molecule has 0 aliphatic rings. The van der Waals surface area contributed by atoms with Crippen molar-refractivity contribution in [2.75, 3.05) is 11.6 Å². The molecule has 0 unspecified atom stereocenters. The van der Waals surface area contributed by atoms with Gasteiger partial charge in [-0.3, -0.25) is 4.79 Å². The Morgan fingerprint density at radius 2 is 1.83 bits per heavy atom. The van der Waals surface area contributed by atoms with Crippen LogP contribution in [0, 0.1) is 20.8 Å². The van der Waals surface area contributed by atoms with E-state index in [0.717, 1.165) is 33.2 Å². The maximum atomic E-state index is 12.8. The van der Waals surface area contributed by atoms with Gasteiger partial charge in [-0.1, -0.05) is 42.9 Å². The zero-order chi connectivity index (χ0) is 21.8. The van der Waals surface area contributed by atoms with Crippen LogP contribution >= 0.6 is 11.8 Å². The van der Waals surface area contributed by atoms with E-state index in [1.54, 1.807) is 0 Å². The van der Waals surface area contributed by atoms with Gasteiger partial charge in [0.15, 0.2) is 11.0 Å². The third-order valence-electron chi connectivity index (χ3n) is 4.91. The molecule has 0 atom stereocenters. The lowest BCUT2D eigenvalue weighted by atomic mass is 10.1. The Bertz CT molecular complexity index is 1040. The first-order valence-corrected chi connectivity index (χ1v) is 11.1. The number of carbonyl (C=O) groups is 1. The predicted molar refractivity (Wildman–Crippen MR) is 119 cm³/mol. The molecule has 0 aliphatic carbocycles. The molecule has 3 rings (SSSR count). The number of carbonyl (C=O) groups excluding carboxylic acids is 1.